The molecule has 5 nitrogen and oxygen atoms in total. The van der Waals surface area contributed by atoms with Crippen molar-refractivity contribution >= 4 is 5.97 Å². The predicted octanol–water partition coefficient (Wildman–Crippen LogP) is 0.514. The minimum absolute atomic E-state index is 0.271. The molecular weight excluding hydrogens is 196 g/mol. The minimum Gasteiger partial charge on any atom is -0.480 e. The van der Waals surface area contributed by atoms with Gasteiger partial charge in [0.1, 0.15) is 12.4 Å². The zero-order valence-electron chi connectivity index (χ0n) is 8.43. The third-order valence-corrected chi connectivity index (χ3v) is 2.51. The highest BCUT2D eigenvalue weighted by Crippen LogP contribution is 2.38. The van der Waals surface area contributed by atoms with Crippen LogP contribution in [0.2, 0.25) is 0 Å². The maximum absolute atomic E-state index is 11.6. The molecule has 80 valence electrons. The molecule has 0 spiro atoms. The number of aryl methyl sites for hydroxylation is 1. The van der Waals surface area contributed by atoms with Crippen molar-refractivity contribution in [3.05, 3.63) is 27.9 Å². The standard InChI is InChI=1S/C10H12N2O3/c1-6-11-8(7-2-3-7)4-9(13)12(6)5-10(14)15/h4,7H,2-3,5H2,1H3,(H,14,15). The first-order valence-electron chi connectivity index (χ1n) is 4.88. The number of aliphatic carboxylic acids is 1. The zero-order valence-corrected chi connectivity index (χ0v) is 8.43. The van der Waals surface area contributed by atoms with Gasteiger partial charge in [-0.2, -0.15) is 0 Å². The van der Waals surface area contributed by atoms with Gasteiger partial charge in [0.2, 0.25) is 0 Å². The van der Waals surface area contributed by atoms with E-state index in [1.165, 1.54) is 10.6 Å². The number of hydrogen-bond donors (Lipinski definition) is 1. The maximum atomic E-state index is 11.6. The molecule has 0 aromatic carbocycles. The van der Waals surface area contributed by atoms with Crippen molar-refractivity contribution in [2.24, 2.45) is 0 Å². The Kier molecular flexibility index (Phi) is 2.30. The van der Waals surface area contributed by atoms with Crippen LogP contribution in [0.5, 0.6) is 0 Å². The van der Waals surface area contributed by atoms with E-state index in [1.807, 2.05) is 0 Å². The predicted molar refractivity (Wildman–Crippen MR) is 52.8 cm³/mol. The summed E-state index contributed by atoms with van der Waals surface area (Å²) in [6.07, 6.45) is 2.16. The minimum atomic E-state index is -1.03. The summed E-state index contributed by atoms with van der Waals surface area (Å²) in [5, 5.41) is 8.62. The maximum Gasteiger partial charge on any atom is 0.323 e. The van der Waals surface area contributed by atoms with Gasteiger partial charge >= 0.3 is 5.97 Å². The molecule has 1 aromatic heterocycles. The molecule has 1 aliphatic carbocycles. The number of hydrogen-bond acceptors (Lipinski definition) is 3. The fraction of sp³-hybridized carbons (Fsp3) is 0.500. The molecule has 1 fully saturated rings. The summed E-state index contributed by atoms with van der Waals surface area (Å²) in [5.74, 6) is -0.135. The molecule has 0 aliphatic heterocycles. The quantitative estimate of drug-likeness (QED) is 0.785. The highest BCUT2D eigenvalue weighted by molar-refractivity contribution is 5.66. The Morgan fingerprint density at radius 1 is 1.67 bits per heavy atom. The summed E-state index contributed by atoms with van der Waals surface area (Å²) in [6, 6.07) is 1.45. The van der Waals surface area contributed by atoms with Gasteiger partial charge in [-0.05, 0) is 19.8 Å². The van der Waals surface area contributed by atoms with E-state index >= 15 is 0 Å². The fourth-order valence-corrected chi connectivity index (χ4v) is 1.56. The first-order chi connectivity index (χ1) is 7.08. The van der Waals surface area contributed by atoms with Gasteiger partial charge in [0.25, 0.3) is 5.56 Å². The van der Waals surface area contributed by atoms with Crippen LogP contribution in [0.15, 0.2) is 10.9 Å². The van der Waals surface area contributed by atoms with Crippen molar-refractivity contribution in [1.29, 1.82) is 0 Å². The van der Waals surface area contributed by atoms with Gasteiger partial charge < -0.3 is 5.11 Å². The van der Waals surface area contributed by atoms with Gasteiger partial charge in [0, 0.05) is 12.0 Å². The highest BCUT2D eigenvalue weighted by Gasteiger charge is 2.26. The Morgan fingerprint density at radius 3 is 2.80 bits per heavy atom. The summed E-state index contributed by atoms with van der Waals surface area (Å²) < 4.78 is 1.17. The lowest BCUT2D eigenvalue weighted by molar-refractivity contribution is -0.137. The molecule has 15 heavy (non-hydrogen) atoms. The number of carboxylic acids is 1. The second-order valence-electron chi connectivity index (χ2n) is 3.82. The first kappa shape index (κ1) is 9.89. The lowest BCUT2D eigenvalue weighted by Gasteiger charge is -2.07. The first-order valence-corrected chi connectivity index (χ1v) is 4.88. The van der Waals surface area contributed by atoms with E-state index in [1.54, 1.807) is 6.92 Å². The number of aromatic nitrogens is 2. The fourth-order valence-electron chi connectivity index (χ4n) is 1.56. The molecule has 1 heterocycles. The lowest BCUT2D eigenvalue weighted by atomic mass is 10.3. The molecule has 2 rings (SSSR count). The number of nitrogens with zero attached hydrogens (tertiary/aromatic N) is 2. The van der Waals surface area contributed by atoms with Crippen LogP contribution in [-0.2, 0) is 11.3 Å². The molecule has 1 saturated carbocycles. The van der Waals surface area contributed by atoms with E-state index in [9.17, 15) is 9.59 Å². The summed E-state index contributed by atoms with van der Waals surface area (Å²) >= 11 is 0. The molecule has 0 saturated heterocycles. The molecule has 5 heteroatoms. The largest absolute Gasteiger partial charge is 0.480 e. The van der Waals surface area contributed by atoms with Crippen molar-refractivity contribution in [2.75, 3.05) is 0 Å². The Morgan fingerprint density at radius 2 is 2.33 bits per heavy atom. The zero-order chi connectivity index (χ0) is 11.0. The van der Waals surface area contributed by atoms with E-state index in [4.69, 9.17) is 5.11 Å². The molecule has 1 aromatic rings. The van der Waals surface area contributed by atoms with Gasteiger partial charge in [-0.3, -0.25) is 14.2 Å². The van der Waals surface area contributed by atoms with Crippen LogP contribution in [0.1, 0.15) is 30.3 Å². The van der Waals surface area contributed by atoms with Crippen LogP contribution < -0.4 is 5.56 Å². The van der Waals surface area contributed by atoms with Crippen LogP contribution in [-0.4, -0.2) is 20.6 Å². The van der Waals surface area contributed by atoms with E-state index < -0.39 is 5.97 Å². The number of rotatable bonds is 3. The van der Waals surface area contributed by atoms with E-state index in [0.29, 0.717) is 11.7 Å². The summed E-state index contributed by atoms with van der Waals surface area (Å²) in [6.45, 7) is 1.35. The van der Waals surface area contributed by atoms with Crippen molar-refractivity contribution in [3.63, 3.8) is 0 Å². The molecular formula is C10H12N2O3. The average molecular weight is 208 g/mol. The third-order valence-electron chi connectivity index (χ3n) is 2.51. The van der Waals surface area contributed by atoms with Crippen molar-refractivity contribution in [3.8, 4) is 0 Å². The third kappa shape index (κ3) is 2.06. The molecule has 0 atom stereocenters. The van der Waals surface area contributed by atoms with Crippen LogP contribution in [0.3, 0.4) is 0 Å². The van der Waals surface area contributed by atoms with E-state index in [2.05, 4.69) is 4.98 Å². The van der Waals surface area contributed by atoms with Gasteiger partial charge in [0.15, 0.2) is 0 Å². The second kappa shape index (κ2) is 3.49. The van der Waals surface area contributed by atoms with E-state index in [0.717, 1.165) is 18.5 Å². The highest BCUT2D eigenvalue weighted by atomic mass is 16.4. The summed E-state index contributed by atoms with van der Waals surface area (Å²) in [5.41, 5.74) is 0.533. The Balaban J connectivity index is 2.39. The average Bonchev–Trinajstić information content (AvgIpc) is 2.93. The van der Waals surface area contributed by atoms with Gasteiger partial charge in [0.05, 0.1) is 5.69 Å². The second-order valence-corrected chi connectivity index (χ2v) is 3.82. The number of carboxylic acid groups (broad SMARTS) is 1. The van der Waals surface area contributed by atoms with Crippen LogP contribution in [0.25, 0.3) is 0 Å². The van der Waals surface area contributed by atoms with Crippen LogP contribution >= 0.6 is 0 Å². The van der Waals surface area contributed by atoms with Gasteiger partial charge in [-0.1, -0.05) is 0 Å². The van der Waals surface area contributed by atoms with Crippen LogP contribution in [0.4, 0.5) is 0 Å². The van der Waals surface area contributed by atoms with E-state index in [-0.39, 0.29) is 12.1 Å². The normalized spacial score (nSPS) is 15.3. The van der Waals surface area contributed by atoms with Crippen molar-refractivity contribution in [2.45, 2.75) is 32.2 Å². The van der Waals surface area contributed by atoms with Gasteiger partial charge in [-0.25, -0.2) is 4.98 Å². The topological polar surface area (TPSA) is 72.2 Å². The van der Waals surface area contributed by atoms with Crippen LogP contribution in [0, 0.1) is 6.92 Å². The Labute approximate surface area is 86.4 Å². The smallest absolute Gasteiger partial charge is 0.323 e. The van der Waals surface area contributed by atoms with Gasteiger partial charge in [-0.15, -0.1) is 0 Å². The molecule has 1 N–H and O–H groups in total. The molecule has 0 unspecified atom stereocenters. The van der Waals surface area contributed by atoms with Crippen molar-refractivity contribution in [1.82, 2.24) is 9.55 Å². The number of carbonyl (C=O) groups is 1. The molecule has 1 aliphatic rings. The Hall–Kier alpha value is -1.65. The Bertz CT molecular complexity index is 460. The monoisotopic (exact) mass is 208 g/mol. The molecule has 0 bridgehead atoms. The SMILES string of the molecule is Cc1nc(C2CC2)cc(=O)n1CC(=O)O. The summed E-state index contributed by atoms with van der Waals surface area (Å²) in [4.78, 5) is 26.4. The lowest BCUT2D eigenvalue weighted by Crippen LogP contribution is -2.27. The summed E-state index contributed by atoms with van der Waals surface area (Å²) in [7, 11) is 0. The molecule has 0 radical (unpaired) electrons. The van der Waals surface area contributed by atoms with Crippen molar-refractivity contribution < 1.29 is 9.90 Å². The molecule has 0 amide bonds.